The van der Waals surface area contributed by atoms with Crippen LogP contribution < -0.4 is 10.1 Å². The number of sulfone groups is 1. The van der Waals surface area contributed by atoms with Gasteiger partial charge in [-0.05, 0) is 35.9 Å². The van der Waals surface area contributed by atoms with Gasteiger partial charge in [0.25, 0.3) is 0 Å². The van der Waals surface area contributed by atoms with Gasteiger partial charge < -0.3 is 14.5 Å². The van der Waals surface area contributed by atoms with E-state index >= 15 is 0 Å². The fourth-order valence-electron chi connectivity index (χ4n) is 2.93. The van der Waals surface area contributed by atoms with Crippen LogP contribution in [0.5, 0.6) is 5.75 Å². The molecule has 0 unspecified atom stereocenters. The number of anilines is 1. The van der Waals surface area contributed by atoms with Gasteiger partial charge in [0.05, 0.1) is 9.92 Å². The summed E-state index contributed by atoms with van der Waals surface area (Å²) in [4.78, 5) is 4.34. The summed E-state index contributed by atoms with van der Waals surface area (Å²) in [6, 6.07) is 22.4. The van der Waals surface area contributed by atoms with Crippen molar-refractivity contribution in [3.05, 3.63) is 100 Å². The molecule has 0 atom stereocenters. The predicted molar refractivity (Wildman–Crippen MR) is 123 cm³/mol. The van der Waals surface area contributed by atoms with Gasteiger partial charge in [0.1, 0.15) is 5.75 Å². The summed E-state index contributed by atoms with van der Waals surface area (Å²) < 4.78 is 37.8. The second kappa shape index (κ2) is 9.65. The van der Waals surface area contributed by atoms with E-state index in [2.05, 4.69) is 10.3 Å². The number of halogens is 2. The van der Waals surface area contributed by atoms with Crippen molar-refractivity contribution in [2.24, 2.45) is 0 Å². The van der Waals surface area contributed by atoms with E-state index in [0.29, 0.717) is 22.3 Å². The Kier molecular flexibility index (Phi) is 6.69. The molecule has 1 N–H and O–H groups in total. The molecule has 0 fully saturated rings. The van der Waals surface area contributed by atoms with Crippen molar-refractivity contribution in [3.8, 4) is 5.75 Å². The number of hydrogen-bond acceptors (Lipinski definition) is 6. The number of nitrogens with zero attached hydrogens (tertiary/aromatic N) is 1. The van der Waals surface area contributed by atoms with Gasteiger partial charge >= 0.3 is 0 Å². The van der Waals surface area contributed by atoms with Crippen molar-refractivity contribution in [2.45, 2.75) is 23.1 Å². The Balaban J connectivity index is 1.63. The average Bonchev–Trinajstić information content (AvgIpc) is 3.22. The standard InChI is InChI=1S/C23H18Cl2N2O4S/c24-17-11-12-20(19(25)13-17)30-15-21-27-23(32(28,29)18-9-5-2-6-10-18)22(31-21)26-14-16-7-3-1-4-8-16/h1-13,26H,14-15H2. The summed E-state index contributed by atoms with van der Waals surface area (Å²) in [5.74, 6) is 0.500. The topological polar surface area (TPSA) is 81.4 Å². The molecule has 0 saturated carbocycles. The van der Waals surface area contributed by atoms with E-state index in [1.807, 2.05) is 30.3 Å². The van der Waals surface area contributed by atoms with Crippen molar-refractivity contribution in [1.82, 2.24) is 4.98 Å². The van der Waals surface area contributed by atoms with Gasteiger partial charge in [0, 0.05) is 11.6 Å². The van der Waals surface area contributed by atoms with E-state index < -0.39 is 9.84 Å². The molecule has 0 aliphatic rings. The Labute approximate surface area is 195 Å². The molecule has 32 heavy (non-hydrogen) atoms. The Hall–Kier alpha value is -3.00. The lowest BCUT2D eigenvalue weighted by Gasteiger charge is -2.06. The minimum absolute atomic E-state index is 0.0403. The number of benzene rings is 3. The number of aromatic nitrogens is 1. The third-order valence-electron chi connectivity index (χ3n) is 4.49. The second-order valence-corrected chi connectivity index (χ2v) is 9.47. The average molecular weight is 489 g/mol. The zero-order valence-corrected chi connectivity index (χ0v) is 19.0. The highest BCUT2D eigenvalue weighted by Crippen LogP contribution is 2.31. The highest BCUT2D eigenvalue weighted by atomic mass is 35.5. The maximum atomic E-state index is 13.2. The fourth-order valence-corrected chi connectivity index (χ4v) is 4.71. The monoisotopic (exact) mass is 488 g/mol. The number of hydrogen-bond donors (Lipinski definition) is 1. The molecule has 9 heteroatoms. The normalized spacial score (nSPS) is 11.3. The molecular formula is C23H18Cl2N2O4S. The lowest BCUT2D eigenvalue weighted by Crippen LogP contribution is -2.07. The van der Waals surface area contributed by atoms with Crippen molar-refractivity contribution in [3.63, 3.8) is 0 Å². The minimum Gasteiger partial charge on any atom is -0.482 e. The van der Waals surface area contributed by atoms with E-state index in [-0.39, 0.29) is 28.3 Å². The van der Waals surface area contributed by atoms with Gasteiger partial charge in [-0.1, -0.05) is 71.7 Å². The first-order valence-electron chi connectivity index (χ1n) is 9.59. The van der Waals surface area contributed by atoms with Crippen molar-refractivity contribution >= 4 is 38.9 Å². The third kappa shape index (κ3) is 5.07. The maximum absolute atomic E-state index is 13.2. The van der Waals surface area contributed by atoms with Crippen LogP contribution in [0.1, 0.15) is 11.5 Å². The van der Waals surface area contributed by atoms with Crippen molar-refractivity contribution in [1.29, 1.82) is 0 Å². The summed E-state index contributed by atoms with van der Waals surface area (Å²) in [6.45, 7) is 0.238. The second-order valence-electron chi connectivity index (χ2n) is 6.76. The van der Waals surface area contributed by atoms with Crippen LogP contribution in [-0.2, 0) is 23.0 Å². The van der Waals surface area contributed by atoms with Crippen LogP contribution in [0.2, 0.25) is 10.0 Å². The minimum atomic E-state index is -3.92. The Morgan fingerprint density at radius 1 is 0.938 bits per heavy atom. The quantitative estimate of drug-likeness (QED) is 0.327. The molecule has 0 radical (unpaired) electrons. The molecule has 0 aliphatic carbocycles. The number of oxazole rings is 1. The van der Waals surface area contributed by atoms with Crippen molar-refractivity contribution in [2.75, 3.05) is 5.32 Å². The first kappa shape index (κ1) is 22.2. The summed E-state index contributed by atoms with van der Waals surface area (Å²) in [7, 11) is -3.92. The highest BCUT2D eigenvalue weighted by Gasteiger charge is 2.28. The largest absolute Gasteiger partial charge is 0.482 e. The molecule has 0 bridgehead atoms. The van der Waals surface area contributed by atoms with E-state index in [9.17, 15) is 8.42 Å². The first-order valence-corrected chi connectivity index (χ1v) is 11.8. The molecule has 0 amide bonds. The lowest BCUT2D eigenvalue weighted by molar-refractivity contribution is 0.265. The van der Waals surface area contributed by atoms with Gasteiger partial charge in [0.15, 0.2) is 6.61 Å². The first-order chi connectivity index (χ1) is 15.4. The number of nitrogens with one attached hydrogen (secondary N) is 1. The van der Waals surface area contributed by atoms with Crippen LogP contribution in [0.15, 0.2) is 93.2 Å². The molecule has 4 aromatic rings. The van der Waals surface area contributed by atoms with Gasteiger partial charge in [-0.15, -0.1) is 0 Å². The smallest absolute Gasteiger partial charge is 0.236 e. The van der Waals surface area contributed by atoms with Crippen LogP contribution in [0.25, 0.3) is 0 Å². The lowest BCUT2D eigenvalue weighted by atomic mass is 10.2. The summed E-state index contributed by atoms with van der Waals surface area (Å²) in [6.07, 6.45) is 0. The van der Waals surface area contributed by atoms with Crippen LogP contribution in [0.4, 0.5) is 5.88 Å². The van der Waals surface area contributed by atoms with E-state index in [1.54, 1.807) is 36.4 Å². The highest BCUT2D eigenvalue weighted by molar-refractivity contribution is 7.91. The van der Waals surface area contributed by atoms with Crippen LogP contribution >= 0.6 is 23.2 Å². The molecule has 1 aromatic heterocycles. The molecule has 0 saturated heterocycles. The Morgan fingerprint density at radius 3 is 2.31 bits per heavy atom. The summed E-state index contributed by atoms with van der Waals surface area (Å²) >= 11 is 12.0. The molecule has 0 spiro atoms. The van der Waals surface area contributed by atoms with E-state index in [1.165, 1.54) is 12.1 Å². The fraction of sp³-hybridized carbons (Fsp3) is 0.0870. The summed E-state index contributed by atoms with van der Waals surface area (Å²) in [5.41, 5.74) is 0.956. The molecule has 6 nitrogen and oxygen atoms in total. The maximum Gasteiger partial charge on any atom is 0.236 e. The van der Waals surface area contributed by atoms with E-state index in [4.69, 9.17) is 32.4 Å². The molecule has 4 rings (SSSR count). The third-order valence-corrected chi connectivity index (χ3v) is 6.70. The zero-order chi connectivity index (χ0) is 22.6. The van der Waals surface area contributed by atoms with Crippen LogP contribution in [0.3, 0.4) is 0 Å². The molecule has 1 heterocycles. The zero-order valence-electron chi connectivity index (χ0n) is 16.7. The Morgan fingerprint density at radius 2 is 1.62 bits per heavy atom. The Bertz CT molecular complexity index is 1310. The molecule has 0 aliphatic heterocycles. The van der Waals surface area contributed by atoms with E-state index in [0.717, 1.165) is 5.56 Å². The van der Waals surface area contributed by atoms with Gasteiger partial charge in [0.2, 0.25) is 26.6 Å². The van der Waals surface area contributed by atoms with Crippen LogP contribution in [0, 0.1) is 0 Å². The molecule has 3 aromatic carbocycles. The predicted octanol–water partition coefficient (Wildman–Crippen LogP) is 6.01. The van der Waals surface area contributed by atoms with Gasteiger partial charge in [-0.2, -0.15) is 4.98 Å². The van der Waals surface area contributed by atoms with Crippen LogP contribution in [-0.4, -0.2) is 13.4 Å². The van der Waals surface area contributed by atoms with Gasteiger partial charge in [-0.25, -0.2) is 8.42 Å². The van der Waals surface area contributed by atoms with Crippen molar-refractivity contribution < 1.29 is 17.6 Å². The SMILES string of the molecule is O=S(=O)(c1ccccc1)c1nc(COc2ccc(Cl)cc2Cl)oc1NCc1ccccc1. The summed E-state index contributed by atoms with van der Waals surface area (Å²) in [5, 5.41) is 3.62. The molecule has 164 valence electrons. The van der Waals surface area contributed by atoms with Gasteiger partial charge in [-0.3, -0.25) is 0 Å². The number of rotatable bonds is 8. The number of ether oxygens (including phenoxy) is 1. The molecular weight excluding hydrogens is 471 g/mol.